The third-order valence-corrected chi connectivity index (χ3v) is 2.20. The number of allylic oxidation sites excluding steroid dienone is 4. The van der Waals surface area contributed by atoms with E-state index in [2.05, 4.69) is 56.9 Å². The molecule has 0 radical (unpaired) electrons. The van der Waals surface area contributed by atoms with Crippen LogP contribution in [0, 0.1) is 5.92 Å². The smallest absolute Gasteiger partial charge is 0.0257 e. The molecule has 0 aromatic heterocycles. The molecule has 16 heavy (non-hydrogen) atoms. The van der Waals surface area contributed by atoms with Gasteiger partial charge in [-0.3, -0.25) is 0 Å². The first kappa shape index (κ1) is 12.5. The summed E-state index contributed by atoms with van der Waals surface area (Å²) in [5.74, 6) is 0.676. The molecule has 1 aromatic carbocycles. The highest BCUT2D eigenvalue weighted by molar-refractivity contribution is 5.50. The van der Waals surface area contributed by atoms with E-state index in [0.717, 1.165) is 6.42 Å². The fourth-order valence-corrected chi connectivity index (χ4v) is 1.51. The van der Waals surface area contributed by atoms with Gasteiger partial charge in [0.15, 0.2) is 0 Å². The van der Waals surface area contributed by atoms with Gasteiger partial charge in [0, 0.05) is 0 Å². The van der Waals surface area contributed by atoms with Crippen LogP contribution in [0.5, 0.6) is 0 Å². The number of benzene rings is 1. The lowest BCUT2D eigenvalue weighted by Gasteiger charge is -2.02. The molecule has 0 aliphatic carbocycles. The lowest BCUT2D eigenvalue weighted by atomic mass is 10.0. The van der Waals surface area contributed by atoms with Gasteiger partial charge in [-0.25, -0.2) is 0 Å². The van der Waals surface area contributed by atoms with E-state index >= 15 is 0 Å². The van der Waals surface area contributed by atoms with Crippen LogP contribution in [0.3, 0.4) is 0 Å². The van der Waals surface area contributed by atoms with Gasteiger partial charge in [-0.1, -0.05) is 80.6 Å². The first-order chi connectivity index (χ1) is 7.68. The zero-order valence-corrected chi connectivity index (χ0v) is 10.2. The first-order valence-corrected chi connectivity index (χ1v) is 5.76. The average Bonchev–Trinajstić information content (AvgIpc) is 2.25. The Morgan fingerprint density at radius 2 is 1.88 bits per heavy atom. The minimum absolute atomic E-state index is 0.676. The highest BCUT2D eigenvalue weighted by Crippen LogP contribution is 2.09. The molecule has 0 bridgehead atoms. The maximum absolute atomic E-state index is 4.02. The Morgan fingerprint density at radius 3 is 2.50 bits per heavy atom. The fraction of sp³-hybridized carbons (Fsp3) is 0.250. The van der Waals surface area contributed by atoms with Crippen molar-refractivity contribution >= 4 is 6.08 Å². The molecule has 84 valence electrons. The zero-order valence-electron chi connectivity index (χ0n) is 10.2. The van der Waals surface area contributed by atoms with Crippen molar-refractivity contribution in [1.29, 1.82) is 0 Å². The van der Waals surface area contributed by atoms with E-state index in [9.17, 15) is 0 Å². The van der Waals surface area contributed by atoms with Crippen molar-refractivity contribution in [2.75, 3.05) is 0 Å². The molecule has 0 N–H and O–H groups in total. The van der Waals surface area contributed by atoms with Crippen LogP contribution in [-0.4, -0.2) is 0 Å². The molecule has 0 heteroatoms. The summed E-state index contributed by atoms with van der Waals surface area (Å²) >= 11 is 0. The van der Waals surface area contributed by atoms with E-state index < -0.39 is 0 Å². The van der Waals surface area contributed by atoms with Gasteiger partial charge in [-0.2, -0.15) is 0 Å². The molecule has 0 heterocycles. The highest BCUT2D eigenvalue weighted by atomic mass is 14.0. The van der Waals surface area contributed by atoms with Gasteiger partial charge < -0.3 is 0 Å². The monoisotopic (exact) mass is 212 g/mol. The number of rotatable bonds is 5. The van der Waals surface area contributed by atoms with Gasteiger partial charge in [0.25, 0.3) is 0 Å². The molecule has 1 aromatic rings. The second-order valence-corrected chi connectivity index (χ2v) is 4.39. The van der Waals surface area contributed by atoms with Crippen LogP contribution in [0.15, 0.2) is 60.7 Å². The Hall–Kier alpha value is -1.56. The van der Waals surface area contributed by atoms with Crippen molar-refractivity contribution < 1.29 is 0 Å². The summed E-state index contributed by atoms with van der Waals surface area (Å²) in [7, 11) is 0. The van der Waals surface area contributed by atoms with E-state index in [0.29, 0.717) is 5.92 Å². The second kappa shape index (κ2) is 6.84. The maximum atomic E-state index is 4.02. The third-order valence-electron chi connectivity index (χ3n) is 2.20. The Balaban J connectivity index is 2.42. The van der Waals surface area contributed by atoms with Gasteiger partial charge in [-0.05, 0) is 17.9 Å². The maximum Gasteiger partial charge on any atom is -0.0257 e. The average molecular weight is 212 g/mol. The Bertz CT molecular complexity index is 366. The molecule has 0 atom stereocenters. The molecule has 1 rings (SSSR count). The number of hydrogen-bond donors (Lipinski definition) is 0. The molecule has 0 aliphatic heterocycles. The second-order valence-electron chi connectivity index (χ2n) is 4.39. The van der Waals surface area contributed by atoms with E-state index in [4.69, 9.17) is 0 Å². The van der Waals surface area contributed by atoms with Crippen molar-refractivity contribution in [2.45, 2.75) is 20.3 Å². The fourth-order valence-electron chi connectivity index (χ4n) is 1.51. The van der Waals surface area contributed by atoms with Crippen LogP contribution in [-0.2, 0) is 0 Å². The molecule has 0 fully saturated rings. The molecule has 0 unspecified atom stereocenters. The predicted molar refractivity (Wildman–Crippen MR) is 73.2 cm³/mol. The quantitative estimate of drug-likeness (QED) is 0.611. The van der Waals surface area contributed by atoms with Crippen molar-refractivity contribution in [2.24, 2.45) is 5.92 Å². The minimum Gasteiger partial charge on any atom is -0.0958 e. The summed E-state index contributed by atoms with van der Waals surface area (Å²) in [5.41, 5.74) is 2.41. The van der Waals surface area contributed by atoms with Gasteiger partial charge in [0.05, 0.1) is 0 Å². The van der Waals surface area contributed by atoms with Crippen LogP contribution in [0.1, 0.15) is 25.8 Å². The highest BCUT2D eigenvalue weighted by Gasteiger charge is 1.93. The van der Waals surface area contributed by atoms with Gasteiger partial charge in [-0.15, -0.1) is 0 Å². The predicted octanol–water partition coefficient (Wildman–Crippen LogP) is 4.86. The first-order valence-electron chi connectivity index (χ1n) is 5.76. The van der Waals surface area contributed by atoms with Crippen molar-refractivity contribution in [1.82, 2.24) is 0 Å². The molecule has 0 spiro atoms. The van der Waals surface area contributed by atoms with Crippen molar-refractivity contribution in [3.63, 3.8) is 0 Å². The Morgan fingerprint density at radius 1 is 1.19 bits per heavy atom. The SMILES string of the molecule is C=C(C=CC=Cc1ccccc1)CC(C)C. The topological polar surface area (TPSA) is 0 Å². The third kappa shape index (κ3) is 5.35. The summed E-state index contributed by atoms with van der Waals surface area (Å²) in [5, 5.41) is 0. The molecular formula is C16H20. The van der Waals surface area contributed by atoms with Crippen LogP contribution < -0.4 is 0 Å². The van der Waals surface area contributed by atoms with Crippen LogP contribution in [0.4, 0.5) is 0 Å². The summed E-state index contributed by atoms with van der Waals surface area (Å²) in [6.45, 7) is 8.43. The van der Waals surface area contributed by atoms with Crippen molar-refractivity contribution in [3.05, 3.63) is 66.3 Å². The van der Waals surface area contributed by atoms with Gasteiger partial charge >= 0.3 is 0 Å². The van der Waals surface area contributed by atoms with E-state index in [-0.39, 0.29) is 0 Å². The molecule has 0 aliphatic rings. The number of hydrogen-bond acceptors (Lipinski definition) is 0. The van der Waals surface area contributed by atoms with Crippen molar-refractivity contribution in [3.8, 4) is 0 Å². The van der Waals surface area contributed by atoms with E-state index in [1.165, 1.54) is 11.1 Å². The lowest BCUT2D eigenvalue weighted by Crippen LogP contribution is -1.86. The van der Waals surface area contributed by atoms with Crippen LogP contribution in [0.2, 0.25) is 0 Å². The standard InChI is InChI=1S/C16H20/c1-14(2)13-15(3)9-7-8-12-16-10-5-4-6-11-16/h4-12,14H,3,13H2,1-2H3. The van der Waals surface area contributed by atoms with Gasteiger partial charge in [0.2, 0.25) is 0 Å². The largest absolute Gasteiger partial charge is 0.0958 e. The normalized spacial score (nSPS) is 11.7. The summed E-state index contributed by atoms with van der Waals surface area (Å²) < 4.78 is 0. The van der Waals surface area contributed by atoms with E-state index in [1.54, 1.807) is 0 Å². The summed E-state index contributed by atoms with van der Waals surface area (Å²) in [6, 6.07) is 10.3. The summed E-state index contributed by atoms with van der Waals surface area (Å²) in [6.07, 6.45) is 9.35. The lowest BCUT2D eigenvalue weighted by molar-refractivity contribution is 0.651. The molecular weight excluding hydrogens is 192 g/mol. The summed E-state index contributed by atoms with van der Waals surface area (Å²) in [4.78, 5) is 0. The Kier molecular flexibility index (Phi) is 5.35. The molecule has 0 nitrogen and oxygen atoms in total. The van der Waals surface area contributed by atoms with Gasteiger partial charge in [0.1, 0.15) is 0 Å². The molecule has 0 saturated heterocycles. The zero-order chi connectivity index (χ0) is 11.8. The molecule has 0 saturated carbocycles. The van der Waals surface area contributed by atoms with E-state index in [1.807, 2.05) is 18.2 Å². The molecule has 0 amide bonds. The van der Waals surface area contributed by atoms with Crippen LogP contribution >= 0.6 is 0 Å². The Labute approximate surface area is 99.0 Å². The minimum atomic E-state index is 0.676. The van der Waals surface area contributed by atoms with Crippen LogP contribution in [0.25, 0.3) is 6.08 Å².